The van der Waals surface area contributed by atoms with Gasteiger partial charge in [-0.1, -0.05) is 24.3 Å². The van der Waals surface area contributed by atoms with Crippen LogP contribution in [0, 0.1) is 0 Å². The minimum absolute atomic E-state index is 0.0129. The van der Waals surface area contributed by atoms with E-state index < -0.39 is 100 Å². The third-order valence-corrected chi connectivity index (χ3v) is 13.9. The molecule has 35 nitrogen and oxygen atoms in total. The number of amides is 8. The Morgan fingerprint density at radius 2 is 0.816 bits per heavy atom. The zero-order valence-corrected chi connectivity index (χ0v) is 49.7. The molecular weight excluding hydrogens is 1160 g/mol. The summed E-state index contributed by atoms with van der Waals surface area (Å²) in [5.41, 5.74) is 44.3. The molecule has 0 heterocycles. The van der Waals surface area contributed by atoms with Crippen LogP contribution in [0.15, 0.2) is 61.3 Å². The number of aliphatic imine (C=N–C) groups is 4. The number of aliphatic hydroxyl groups excluding tert-OH is 1. The molecule has 8 amide bonds. The van der Waals surface area contributed by atoms with Crippen LogP contribution >= 0.6 is 0 Å². The van der Waals surface area contributed by atoms with Crippen LogP contribution in [-0.2, 0) is 53.2 Å². The number of hydrogen-bond acceptors (Lipinski definition) is 17. The molecule has 2 rings (SSSR count). The van der Waals surface area contributed by atoms with Crippen LogP contribution < -0.4 is 98.0 Å². The van der Waals surface area contributed by atoms with Crippen LogP contribution in [0.25, 0.3) is 10.8 Å². The molecule has 0 saturated carbocycles. The second-order valence-electron chi connectivity index (χ2n) is 19.7. The molecule has 27 N–H and O–H groups in total. The maximum atomic E-state index is 14.1. The van der Waals surface area contributed by atoms with Crippen molar-refractivity contribution in [2.75, 3.05) is 78.0 Å². The number of nitrogens with zero attached hydrogens (tertiary/aromatic N) is 5. The number of aliphatic carboxylic acids is 1. The highest BCUT2D eigenvalue weighted by Crippen LogP contribution is 2.30. The van der Waals surface area contributed by atoms with Gasteiger partial charge in [0.05, 0.1) is 11.5 Å². The van der Waals surface area contributed by atoms with Gasteiger partial charge in [0, 0.05) is 109 Å². The lowest BCUT2D eigenvalue weighted by Crippen LogP contribution is -2.59. The van der Waals surface area contributed by atoms with Gasteiger partial charge in [-0.3, -0.25) is 58.3 Å². The standard InChI is InChI=1S/C51H86N22O13S/c1-73(2)37-15-3-10-31-30(37)9-4-16-38(31)87(85,86)67-28-20-41(77)61-26-18-39(75)60-25-17-40(76)62-27-19-42(78)68-36(29-74)46(82)71-33(12-6-22-64-49(54)55)44(80)69-32(11-5-21-63-48(52)53)43(79)70-34(13-7-23-65-50(56)57)45(81)72-35(47(83)84)14-8-24-66-51(58)59/h3-4,9-10,15-16,32-36,67,74H,5-8,11-14,17-29H2,1-2H3,(H,60,75)(H,61,77)(H,62,76)(H,68,78)(H,69,80)(H,70,79)(H,71,82)(H,72,81)(H,83,84)(H4,52,53,63)(H4,54,55,64)(H4,56,57,65)(H4,58,59,66)/t32-,33-,34-,35-,36-/m0/s1. The number of guanidine groups is 4. The van der Waals surface area contributed by atoms with E-state index in [-0.39, 0.29) is 158 Å². The van der Waals surface area contributed by atoms with Crippen LogP contribution in [-0.4, -0.2) is 199 Å². The first-order chi connectivity index (χ1) is 41.1. The number of carboxylic acids is 1. The summed E-state index contributed by atoms with van der Waals surface area (Å²) in [4.78, 5) is 135. The molecule has 0 radical (unpaired) electrons. The Morgan fingerprint density at radius 3 is 1.20 bits per heavy atom. The fraction of sp³-hybridized carbons (Fsp3) is 0.549. The normalized spacial score (nSPS) is 12.6. The Bertz CT molecular complexity index is 2870. The van der Waals surface area contributed by atoms with Crippen molar-refractivity contribution < 1.29 is 61.8 Å². The van der Waals surface area contributed by atoms with E-state index in [9.17, 15) is 61.8 Å². The van der Waals surface area contributed by atoms with Crippen LogP contribution in [0.2, 0.25) is 0 Å². The molecule has 0 aliphatic heterocycles. The van der Waals surface area contributed by atoms with Gasteiger partial charge in [-0.25, -0.2) is 17.9 Å². The summed E-state index contributed by atoms with van der Waals surface area (Å²) in [5.74, 6) is -8.57. The van der Waals surface area contributed by atoms with E-state index >= 15 is 0 Å². The predicted octanol–water partition coefficient (Wildman–Crippen LogP) is -7.19. The van der Waals surface area contributed by atoms with E-state index in [0.717, 1.165) is 11.1 Å². The minimum atomic E-state index is -3.98. The van der Waals surface area contributed by atoms with Gasteiger partial charge in [-0.05, 0) is 63.5 Å². The smallest absolute Gasteiger partial charge is 0.326 e. The fourth-order valence-electron chi connectivity index (χ4n) is 8.10. The summed E-state index contributed by atoms with van der Waals surface area (Å²) >= 11 is 0. The molecule has 0 spiro atoms. The van der Waals surface area contributed by atoms with Crippen molar-refractivity contribution in [1.29, 1.82) is 0 Å². The van der Waals surface area contributed by atoms with Gasteiger partial charge in [-0.2, -0.15) is 0 Å². The zero-order chi connectivity index (χ0) is 65.1. The number of benzene rings is 2. The van der Waals surface area contributed by atoms with E-state index in [1.165, 1.54) is 6.07 Å². The zero-order valence-electron chi connectivity index (χ0n) is 48.8. The number of carboxylic acid groups (broad SMARTS) is 1. The average Bonchev–Trinajstić information content (AvgIpc) is 1.11. The fourth-order valence-corrected chi connectivity index (χ4v) is 9.36. The Hall–Kier alpha value is -9.32. The van der Waals surface area contributed by atoms with E-state index in [4.69, 9.17) is 45.9 Å². The highest BCUT2D eigenvalue weighted by atomic mass is 32.2. The highest BCUT2D eigenvalue weighted by molar-refractivity contribution is 7.89. The number of carbonyl (C=O) groups is 9. The van der Waals surface area contributed by atoms with Crippen molar-refractivity contribution in [3.05, 3.63) is 36.4 Å². The molecule has 0 saturated heterocycles. The van der Waals surface area contributed by atoms with Crippen molar-refractivity contribution in [1.82, 2.24) is 47.3 Å². The van der Waals surface area contributed by atoms with Crippen molar-refractivity contribution in [3.8, 4) is 0 Å². The lowest BCUT2D eigenvalue weighted by molar-refractivity contribution is -0.142. The lowest BCUT2D eigenvalue weighted by Gasteiger charge is -2.27. The number of rotatable bonds is 42. The number of fused-ring (bicyclic) bond motifs is 1. The maximum Gasteiger partial charge on any atom is 0.326 e. The second-order valence-corrected chi connectivity index (χ2v) is 21.4. The van der Waals surface area contributed by atoms with Crippen LogP contribution in [0.4, 0.5) is 5.69 Å². The van der Waals surface area contributed by atoms with E-state index in [1.807, 2.05) is 31.1 Å². The highest BCUT2D eigenvalue weighted by Gasteiger charge is 2.32. The SMILES string of the molecule is CN(C)c1cccc2c(S(=O)(=O)NCCC(=O)NCCC(=O)NCCC(=O)NCCC(=O)N[C@@H](CO)C(=O)N[C@@H](CCCN=C(N)N)C(=O)N[C@@H](CCCN=C(N)N)C(=O)N[C@@H](CCCN=C(N)N)C(=O)N[C@@H](CCCN=C(N)N)C(=O)O)cccc12. The van der Waals surface area contributed by atoms with Gasteiger partial charge in [0.25, 0.3) is 0 Å². The molecule has 36 heteroatoms. The number of nitrogens with two attached hydrogens (primary N) is 8. The van der Waals surface area contributed by atoms with Crippen molar-refractivity contribution in [3.63, 3.8) is 0 Å². The molecule has 2 aromatic carbocycles. The van der Waals surface area contributed by atoms with Gasteiger partial charge in [0.2, 0.25) is 57.3 Å². The number of sulfonamides is 1. The summed E-state index contributed by atoms with van der Waals surface area (Å²) in [7, 11) is -0.284. The number of aliphatic hydroxyl groups is 1. The van der Waals surface area contributed by atoms with Gasteiger partial charge < -0.3 is 104 Å². The van der Waals surface area contributed by atoms with Crippen molar-refractivity contribution in [2.45, 2.75) is 112 Å². The van der Waals surface area contributed by atoms with E-state index in [0.29, 0.717) is 5.39 Å². The summed E-state index contributed by atoms with van der Waals surface area (Å²) in [6.45, 7) is -1.52. The average molecular weight is 1250 g/mol. The number of anilines is 1. The molecule has 0 aliphatic rings. The molecule has 5 atom stereocenters. The van der Waals surface area contributed by atoms with E-state index in [2.05, 4.69) is 67.2 Å². The minimum Gasteiger partial charge on any atom is -0.480 e. The molecule has 0 aliphatic carbocycles. The Morgan fingerprint density at radius 1 is 0.471 bits per heavy atom. The molecular formula is C51H86N22O13S. The van der Waals surface area contributed by atoms with Crippen LogP contribution in [0.3, 0.4) is 0 Å². The third-order valence-electron chi connectivity index (χ3n) is 12.4. The third kappa shape index (κ3) is 29.9. The summed E-state index contributed by atoms with van der Waals surface area (Å²) < 4.78 is 28.8. The van der Waals surface area contributed by atoms with Crippen molar-refractivity contribution >= 4 is 104 Å². The molecule has 2 aromatic rings. The van der Waals surface area contributed by atoms with Gasteiger partial charge in [-0.15, -0.1) is 0 Å². The quantitative estimate of drug-likeness (QED) is 0.0167. The largest absolute Gasteiger partial charge is 0.480 e. The van der Waals surface area contributed by atoms with E-state index in [1.54, 1.807) is 18.2 Å². The van der Waals surface area contributed by atoms with Crippen LogP contribution in [0.1, 0.15) is 77.0 Å². The molecule has 87 heavy (non-hydrogen) atoms. The van der Waals surface area contributed by atoms with Crippen molar-refractivity contribution in [2.24, 2.45) is 65.8 Å². The second kappa shape index (κ2) is 39.3. The monoisotopic (exact) mass is 1250 g/mol. The first kappa shape index (κ1) is 73.8. The molecule has 0 bridgehead atoms. The molecule has 0 unspecified atom stereocenters. The lowest BCUT2D eigenvalue weighted by atomic mass is 10.0. The Kier molecular flexibility index (Phi) is 33.3. The van der Waals surface area contributed by atoms with Gasteiger partial charge in [0.1, 0.15) is 30.2 Å². The molecule has 0 fully saturated rings. The summed E-state index contributed by atoms with van der Waals surface area (Å²) in [5, 5.41) is 41.1. The van der Waals surface area contributed by atoms with Gasteiger partial charge >= 0.3 is 5.97 Å². The Balaban J connectivity index is 2.01. The summed E-state index contributed by atoms with van der Waals surface area (Å²) in [6, 6.07) is 2.86. The topological polar surface area (TPSA) is 597 Å². The maximum absolute atomic E-state index is 14.1. The predicted molar refractivity (Wildman–Crippen MR) is 325 cm³/mol. The molecule has 484 valence electrons. The Labute approximate surface area is 503 Å². The first-order valence-electron chi connectivity index (χ1n) is 27.7. The molecule has 0 aromatic heterocycles. The number of carbonyl (C=O) groups excluding carboxylic acids is 8. The van der Waals surface area contributed by atoms with Crippen LogP contribution in [0.5, 0.6) is 0 Å². The number of hydrogen-bond donors (Lipinski definition) is 19. The first-order valence-corrected chi connectivity index (χ1v) is 29.2. The summed E-state index contributed by atoms with van der Waals surface area (Å²) in [6.07, 6.45) is -1.03. The van der Waals surface area contributed by atoms with Gasteiger partial charge in [0.15, 0.2) is 23.8 Å². The number of nitrogens with one attached hydrogen (secondary N) is 9.